The fourth-order valence-electron chi connectivity index (χ4n) is 0.484. The van der Waals surface area contributed by atoms with E-state index in [1.165, 1.54) is 12.1 Å². The van der Waals surface area contributed by atoms with Crippen LogP contribution in [0.3, 0.4) is 0 Å². The van der Waals surface area contributed by atoms with Gasteiger partial charge < -0.3 is 0 Å². The molecule has 9 heavy (non-hydrogen) atoms. The maximum Gasteiger partial charge on any atom is 1.00 e. The summed E-state index contributed by atoms with van der Waals surface area (Å²) in [7, 11) is 0. The molecule has 0 aliphatic carbocycles. The van der Waals surface area contributed by atoms with Crippen molar-refractivity contribution in [3.63, 3.8) is 0 Å². The molecule has 0 aliphatic rings. The standard InChI is InChI=1S/C7H6F.K/c1-6-2-4-7(8)5-3-6;/h2-5H,1H2;/q-1;+1. The van der Waals surface area contributed by atoms with E-state index in [1.807, 2.05) is 0 Å². The number of halogens is 1. The van der Waals surface area contributed by atoms with Crippen molar-refractivity contribution in [1.29, 1.82) is 0 Å². The first-order chi connectivity index (χ1) is 3.79. The van der Waals surface area contributed by atoms with Gasteiger partial charge in [0.25, 0.3) is 0 Å². The zero-order chi connectivity index (χ0) is 5.98. The molecule has 0 atom stereocenters. The van der Waals surface area contributed by atoms with E-state index >= 15 is 0 Å². The van der Waals surface area contributed by atoms with Gasteiger partial charge in [0.2, 0.25) is 0 Å². The maximum absolute atomic E-state index is 12.1. The van der Waals surface area contributed by atoms with Crippen LogP contribution in [0.5, 0.6) is 0 Å². The van der Waals surface area contributed by atoms with Gasteiger partial charge in [-0.3, -0.25) is 0 Å². The Hall–Kier alpha value is 0.656. The van der Waals surface area contributed by atoms with E-state index in [4.69, 9.17) is 0 Å². The van der Waals surface area contributed by atoms with Gasteiger partial charge in [-0.1, -0.05) is 12.1 Å². The summed E-state index contributed by atoms with van der Waals surface area (Å²) in [6.07, 6.45) is 0. The van der Waals surface area contributed by atoms with Crippen molar-refractivity contribution in [1.82, 2.24) is 0 Å². The largest absolute Gasteiger partial charge is 1.00 e. The normalized spacial score (nSPS) is 8.11. The van der Waals surface area contributed by atoms with Crippen LogP contribution < -0.4 is 51.4 Å². The third-order valence-corrected chi connectivity index (χ3v) is 0.913. The summed E-state index contributed by atoms with van der Waals surface area (Å²) in [5, 5.41) is 0. The van der Waals surface area contributed by atoms with Crippen LogP contribution in [0.15, 0.2) is 24.3 Å². The summed E-state index contributed by atoms with van der Waals surface area (Å²) in [6.45, 7) is 3.60. The van der Waals surface area contributed by atoms with Crippen molar-refractivity contribution < 1.29 is 55.8 Å². The molecule has 0 nitrogen and oxygen atoms in total. The quantitative estimate of drug-likeness (QED) is 0.327. The predicted molar refractivity (Wildman–Crippen MR) is 30.9 cm³/mol. The Balaban J connectivity index is 0.000000640. The van der Waals surface area contributed by atoms with Crippen LogP contribution in [0.4, 0.5) is 4.39 Å². The van der Waals surface area contributed by atoms with E-state index in [0.29, 0.717) is 0 Å². The Morgan fingerprint density at radius 2 is 1.56 bits per heavy atom. The van der Waals surface area contributed by atoms with Crippen LogP contribution in [0.2, 0.25) is 0 Å². The summed E-state index contributed by atoms with van der Waals surface area (Å²) in [5.41, 5.74) is 0.839. The van der Waals surface area contributed by atoms with Gasteiger partial charge in [-0.05, 0) is 0 Å². The second-order valence-corrected chi connectivity index (χ2v) is 1.63. The first-order valence-corrected chi connectivity index (χ1v) is 2.36. The Bertz CT molecular complexity index is 148. The Labute approximate surface area is 96.9 Å². The van der Waals surface area contributed by atoms with Crippen molar-refractivity contribution in [2.75, 3.05) is 0 Å². The van der Waals surface area contributed by atoms with Crippen LogP contribution in [-0.2, 0) is 0 Å². The zero-order valence-electron chi connectivity index (χ0n) is 5.39. The molecule has 0 radical (unpaired) electrons. The number of hydrogen-bond acceptors (Lipinski definition) is 0. The topological polar surface area (TPSA) is 0 Å². The monoisotopic (exact) mass is 148 g/mol. The van der Waals surface area contributed by atoms with Crippen molar-refractivity contribution in [2.45, 2.75) is 0 Å². The summed E-state index contributed by atoms with van der Waals surface area (Å²) in [5.74, 6) is -0.211. The first kappa shape index (κ1) is 9.66. The third kappa shape index (κ3) is 3.38. The minimum Gasteiger partial charge on any atom is -0.209 e. The van der Waals surface area contributed by atoms with E-state index in [9.17, 15) is 4.39 Å². The van der Waals surface area contributed by atoms with Gasteiger partial charge in [-0.2, -0.15) is 24.6 Å². The molecule has 0 saturated carbocycles. The minimum absolute atomic E-state index is 0. The molecule has 0 amide bonds. The van der Waals surface area contributed by atoms with Gasteiger partial charge in [-0.15, -0.1) is 0 Å². The molecule has 1 rings (SSSR count). The molecular weight excluding hydrogens is 142 g/mol. The fraction of sp³-hybridized carbons (Fsp3) is 0. The molecule has 0 spiro atoms. The van der Waals surface area contributed by atoms with Gasteiger partial charge in [0.15, 0.2) is 0 Å². The second-order valence-electron chi connectivity index (χ2n) is 1.63. The van der Waals surface area contributed by atoms with E-state index in [-0.39, 0.29) is 57.2 Å². The van der Waals surface area contributed by atoms with Crippen molar-refractivity contribution in [3.05, 3.63) is 42.6 Å². The van der Waals surface area contributed by atoms with Gasteiger partial charge in [0, 0.05) is 0 Å². The molecule has 0 aromatic heterocycles. The summed E-state index contributed by atoms with van der Waals surface area (Å²) < 4.78 is 12.1. The van der Waals surface area contributed by atoms with E-state index < -0.39 is 0 Å². The van der Waals surface area contributed by atoms with Crippen molar-refractivity contribution in [2.24, 2.45) is 0 Å². The minimum atomic E-state index is -0.211. The molecule has 0 heterocycles. The van der Waals surface area contributed by atoms with Gasteiger partial charge in [-0.25, -0.2) is 4.39 Å². The molecule has 0 saturated heterocycles. The summed E-state index contributed by atoms with van der Waals surface area (Å²) in [4.78, 5) is 0. The van der Waals surface area contributed by atoms with Crippen LogP contribution in [0.1, 0.15) is 5.56 Å². The molecule has 1 aromatic carbocycles. The van der Waals surface area contributed by atoms with Crippen LogP contribution in [-0.4, -0.2) is 0 Å². The molecule has 0 bridgehead atoms. The van der Waals surface area contributed by atoms with Gasteiger partial charge in [0.1, 0.15) is 0 Å². The van der Waals surface area contributed by atoms with Crippen LogP contribution in [0, 0.1) is 12.7 Å². The SMILES string of the molecule is [CH2-]c1ccc(F)cc1.[K+]. The average Bonchev–Trinajstić information content (AvgIpc) is 1.77. The predicted octanol–water partition coefficient (Wildman–Crippen LogP) is -0.988. The third-order valence-electron chi connectivity index (χ3n) is 0.913. The molecule has 1 aromatic rings. The molecular formula is C7H6FK. The number of hydrogen-bond donors (Lipinski definition) is 0. The molecule has 2 heteroatoms. The smallest absolute Gasteiger partial charge is 0.209 e. The molecule has 0 fully saturated rings. The molecule has 0 N–H and O–H groups in total. The van der Waals surface area contributed by atoms with Crippen molar-refractivity contribution >= 4 is 0 Å². The maximum atomic E-state index is 12.1. The van der Waals surface area contributed by atoms with Gasteiger partial charge >= 0.3 is 51.4 Å². The van der Waals surface area contributed by atoms with Crippen LogP contribution >= 0.6 is 0 Å². The second kappa shape index (κ2) is 4.47. The van der Waals surface area contributed by atoms with E-state index in [0.717, 1.165) is 5.56 Å². The van der Waals surface area contributed by atoms with Crippen molar-refractivity contribution in [3.8, 4) is 0 Å². The van der Waals surface area contributed by atoms with Crippen LogP contribution in [0.25, 0.3) is 0 Å². The number of rotatable bonds is 0. The fourth-order valence-corrected chi connectivity index (χ4v) is 0.484. The molecule has 42 valence electrons. The number of benzene rings is 1. The Kier molecular flexibility index (Phi) is 4.79. The Morgan fingerprint density at radius 1 is 1.11 bits per heavy atom. The first-order valence-electron chi connectivity index (χ1n) is 2.36. The zero-order valence-corrected chi connectivity index (χ0v) is 8.52. The Morgan fingerprint density at radius 3 is 1.89 bits per heavy atom. The van der Waals surface area contributed by atoms with E-state index in [1.54, 1.807) is 12.1 Å². The van der Waals surface area contributed by atoms with Gasteiger partial charge in [0.05, 0.1) is 5.82 Å². The summed E-state index contributed by atoms with van der Waals surface area (Å²) >= 11 is 0. The molecule has 0 aliphatic heterocycles. The average molecular weight is 148 g/mol. The van der Waals surface area contributed by atoms with E-state index in [2.05, 4.69) is 6.92 Å². The summed E-state index contributed by atoms with van der Waals surface area (Å²) in [6, 6.07) is 6.05. The molecule has 0 unspecified atom stereocenters.